The fourth-order valence-electron chi connectivity index (χ4n) is 3.65. The Balaban J connectivity index is 1.46. The van der Waals surface area contributed by atoms with Gasteiger partial charge in [0.05, 0.1) is 23.0 Å². The summed E-state index contributed by atoms with van der Waals surface area (Å²) in [5.41, 5.74) is 0.712. The third kappa shape index (κ3) is 4.60. The molecule has 4 rings (SSSR count). The zero-order valence-electron chi connectivity index (χ0n) is 17.2. The van der Waals surface area contributed by atoms with Crippen LogP contribution in [0.1, 0.15) is 5.69 Å². The van der Waals surface area contributed by atoms with E-state index in [-0.39, 0.29) is 23.7 Å². The summed E-state index contributed by atoms with van der Waals surface area (Å²) >= 11 is 0. The number of nitro groups is 1. The van der Waals surface area contributed by atoms with E-state index in [0.717, 1.165) is 24.6 Å². The van der Waals surface area contributed by atoms with Crippen molar-refractivity contribution in [3.05, 3.63) is 46.1 Å². The summed E-state index contributed by atoms with van der Waals surface area (Å²) in [6, 6.07) is 6.91. The molecule has 0 aliphatic carbocycles. The Morgan fingerprint density at radius 2 is 1.61 bits per heavy atom. The first-order chi connectivity index (χ1) is 14.8. The van der Waals surface area contributed by atoms with Crippen LogP contribution in [-0.4, -0.2) is 80.1 Å². The zero-order chi connectivity index (χ0) is 22.0. The summed E-state index contributed by atoms with van der Waals surface area (Å²) in [6.07, 6.45) is 0. The van der Waals surface area contributed by atoms with Crippen molar-refractivity contribution in [1.82, 2.24) is 14.3 Å². The van der Waals surface area contributed by atoms with E-state index in [2.05, 4.69) is 9.88 Å². The van der Waals surface area contributed by atoms with Crippen LogP contribution in [0.2, 0.25) is 0 Å². The molecule has 2 aliphatic heterocycles. The monoisotopic (exact) mass is 448 g/mol. The molecular weight excluding hydrogens is 424 g/mol. The van der Waals surface area contributed by atoms with Gasteiger partial charge in [-0.25, -0.2) is 13.4 Å². The first-order valence-corrected chi connectivity index (χ1v) is 11.5. The molecule has 1 aromatic carbocycles. The summed E-state index contributed by atoms with van der Waals surface area (Å²) < 4.78 is 32.6. The Morgan fingerprint density at radius 1 is 0.968 bits per heavy atom. The SMILES string of the molecule is Cc1cc(N2CCOCC2)nc(N2CCN(S(=O)(=O)c3ccc([N+](=O)[O-])cc3)CC2)n1. The molecule has 2 fully saturated rings. The van der Waals surface area contributed by atoms with E-state index in [4.69, 9.17) is 9.72 Å². The molecule has 11 nitrogen and oxygen atoms in total. The molecule has 0 saturated carbocycles. The van der Waals surface area contributed by atoms with Crippen molar-refractivity contribution in [3.8, 4) is 0 Å². The van der Waals surface area contributed by atoms with Crippen LogP contribution in [0.5, 0.6) is 0 Å². The number of aryl methyl sites for hydroxylation is 1. The minimum absolute atomic E-state index is 0.0490. The number of sulfonamides is 1. The van der Waals surface area contributed by atoms with Gasteiger partial charge in [-0.05, 0) is 19.1 Å². The number of rotatable bonds is 5. The van der Waals surface area contributed by atoms with Crippen molar-refractivity contribution in [2.24, 2.45) is 0 Å². The van der Waals surface area contributed by atoms with Crippen LogP contribution < -0.4 is 9.80 Å². The van der Waals surface area contributed by atoms with E-state index in [1.165, 1.54) is 28.6 Å². The number of benzene rings is 1. The van der Waals surface area contributed by atoms with Crippen molar-refractivity contribution in [2.75, 3.05) is 62.3 Å². The molecule has 0 N–H and O–H groups in total. The Hall–Kier alpha value is -2.83. The molecule has 0 spiro atoms. The molecule has 0 unspecified atom stereocenters. The molecule has 2 aromatic rings. The predicted molar refractivity (Wildman–Crippen MR) is 114 cm³/mol. The van der Waals surface area contributed by atoms with Crippen LogP contribution in [0.25, 0.3) is 0 Å². The van der Waals surface area contributed by atoms with Crippen molar-refractivity contribution < 1.29 is 18.1 Å². The highest BCUT2D eigenvalue weighted by molar-refractivity contribution is 7.89. The molecular formula is C19H24N6O5S. The lowest BCUT2D eigenvalue weighted by Crippen LogP contribution is -2.49. The molecule has 31 heavy (non-hydrogen) atoms. The number of nitro benzene ring substituents is 1. The number of hydrogen-bond donors (Lipinski definition) is 0. The van der Waals surface area contributed by atoms with Gasteiger partial charge < -0.3 is 14.5 Å². The number of aromatic nitrogens is 2. The number of piperazine rings is 1. The highest BCUT2D eigenvalue weighted by atomic mass is 32.2. The van der Waals surface area contributed by atoms with E-state index >= 15 is 0 Å². The number of ether oxygens (including phenoxy) is 1. The summed E-state index contributed by atoms with van der Waals surface area (Å²) in [7, 11) is -3.72. The third-order valence-corrected chi connectivity index (χ3v) is 7.28. The summed E-state index contributed by atoms with van der Waals surface area (Å²) in [6.45, 7) is 6.28. The number of morpholine rings is 1. The quantitative estimate of drug-likeness (QED) is 0.488. The zero-order valence-corrected chi connectivity index (χ0v) is 18.0. The number of non-ortho nitro benzene ring substituents is 1. The van der Waals surface area contributed by atoms with Gasteiger partial charge in [0, 0.05) is 63.2 Å². The largest absolute Gasteiger partial charge is 0.378 e. The van der Waals surface area contributed by atoms with E-state index in [1.54, 1.807) is 0 Å². The number of nitrogens with zero attached hydrogens (tertiary/aromatic N) is 6. The molecule has 0 radical (unpaired) electrons. The maximum Gasteiger partial charge on any atom is 0.269 e. The van der Waals surface area contributed by atoms with Crippen LogP contribution in [0, 0.1) is 17.0 Å². The molecule has 2 saturated heterocycles. The summed E-state index contributed by atoms with van der Waals surface area (Å²) in [5.74, 6) is 1.45. The lowest BCUT2D eigenvalue weighted by atomic mass is 10.3. The van der Waals surface area contributed by atoms with Gasteiger partial charge in [-0.15, -0.1) is 0 Å². The Kier molecular flexibility index (Phi) is 6.03. The van der Waals surface area contributed by atoms with Gasteiger partial charge in [0.25, 0.3) is 5.69 Å². The van der Waals surface area contributed by atoms with E-state index in [9.17, 15) is 18.5 Å². The topological polar surface area (TPSA) is 122 Å². The number of hydrogen-bond acceptors (Lipinski definition) is 9. The minimum atomic E-state index is -3.72. The highest BCUT2D eigenvalue weighted by Gasteiger charge is 2.30. The van der Waals surface area contributed by atoms with Crippen LogP contribution in [0.15, 0.2) is 35.2 Å². The highest BCUT2D eigenvalue weighted by Crippen LogP contribution is 2.23. The molecule has 0 atom stereocenters. The van der Waals surface area contributed by atoms with Crippen LogP contribution >= 0.6 is 0 Å². The van der Waals surface area contributed by atoms with Gasteiger partial charge in [0.15, 0.2) is 0 Å². The second kappa shape index (κ2) is 8.73. The molecule has 1 aromatic heterocycles. The normalized spacial score (nSPS) is 18.2. The summed E-state index contributed by atoms with van der Waals surface area (Å²) in [4.78, 5) is 23.7. The lowest BCUT2D eigenvalue weighted by molar-refractivity contribution is -0.384. The molecule has 0 amide bonds. The Morgan fingerprint density at radius 3 is 2.23 bits per heavy atom. The fourth-order valence-corrected chi connectivity index (χ4v) is 5.07. The second-order valence-electron chi connectivity index (χ2n) is 7.41. The number of anilines is 2. The van der Waals surface area contributed by atoms with Gasteiger partial charge in [-0.1, -0.05) is 0 Å². The van der Waals surface area contributed by atoms with Gasteiger partial charge >= 0.3 is 0 Å². The summed E-state index contributed by atoms with van der Waals surface area (Å²) in [5, 5.41) is 10.8. The molecule has 2 aliphatic rings. The first kappa shape index (κ1) is 21.4. The van der Waals surface area contributed by atoms with Gasteiger partial charge in [0.1, 0.15) is 5.82 Å². The standard InChI is InChI=1S/C19H24N6O5S/c1-15-14-18(22-10-12-30-13-11-22)21-19(20-15)23-6-8-24(9-7-23)31(28,29)17-4-2-16(3-5-17)25(26)27/h2-5,14H,6-13H2,1H3. The van der Waals surface area contributed by atoms with Crippen LogP contribution in [0.4, 0.5) is 17.5 Å². The van der Waals surface area contributed by atoms with E-state index in [0.29, 0.717) is 32.3 Å². The Bertz CT molecular complexity index is 1050. The van der Waals surface area contributed by atoms with Gasteiger partial charge in [-0.2, -0.15) is 9.29 Å². The molecule has 3 heterocycles. The van der Waals surface area contributed by atoms with E-state index in [1.807, 2.05) is 17.9 Å². The maximum atomic E-state index is 12.9. The van der Waals surface area contributed by atoms with Crippen molar-refractivity contribution in [2.45, 2.75) is 11.8 Å². The predicted octanol–water partition coefficient (Wildman–Crippen LogP) is 1.04. The van der Waals surface area contributed by atoms with Crippen molar-refractivity contribution >= 4 is 27.5 Å². The fraction of sp³-hybridized carbons (Fsp3) is 0.474. The lowest BCUT2D eigenvalue weighted by Gasteiger charge is -2.35. The minimum Gasteiger partial charge on any atom is -0.378 e. The van der Waals surface area contributed by atoms with Crippen LogP contribution in [0.3, 0.4) is 0 Å². The average molecular weight is 449 g/mol. The Labute approximate surface area is 180 Å². The van der Waals surface area contributed by atoms with E-state index < -0.39 is 14.9 Å². The molecule has 12 heteroatoms. The third-order valence-electron chi connectivity index (χ3n) is 5.37. The van der Waals surface area contributed by atoms with Crippen molar-refractivity contribution in [3.63, 3.8) is 0 Å². The molecule has 166 valence electrons. The second-order valence-corrected chi connectivity index (χ2v) is 9.35. The smallest absolute Gasteiger partial charge is 0.269 e. The van der Waals surface area contributed by atoms with Gasteiger partial charge in [-0.3, -0.25) is 10.1 Å². The van der Waals surface area contributed by atoms with Gasteiger partial charge in [0.2, 0.25) is 16.0 Å². The first-order valence-electron chi connectivity index (χ1n) is 10.0. The van der Waals surface area contributed by atoms with Crippen molar-refractivity contribution in [1.29, 1.82) is 0 Å². The van der Waals surface area contributed by atoms with Crippen LogP contribution in [-0.2, 0) is 14.8 Å². The maximum absolute atomic E-state index is 12.9. The average Bonchev–Trinajstić information content (AvgIpc) is 2.79. The molecule has 0 bridgehead atoms.